The Labute approximate surface area is 100.0 Å². The fourth-order valence-corrected chi connectivity index (χ4v) is 1.57. The lowest BCUT2D eigenvalue weighted by molar-refractivity contribution is 0.105. The molecule has 0 radical (unpaired) electrons. The fraction of sp³-hybridized carbons (Fsp3) is 0.500. The van der Waals surface area contributed by atoms with Gasteiger partial charge in [-0.15, -0.1) is 0 Å². The molecule has 0 saturated carbocycles. The van der Waals surface area contributed by atoms with Crippen molar-refractivity contribution in [2.75, 3.05) is 31.7 Å². The Morgan fingerprint density at radius 1 is 1.24 bits per heavy atom. The number of aliphatic hydroxyl groups is 2. The van der Waals surface area contributed by atoms with Gasteiger partial charge in [0, 0.05) is 24.7 Å². The zero-order valence-electron chi connectivity index (χ0n) is 9.56. The maximum absolute atomic E-state index is 9.23. The number of ether oxygens (including phenoxy) is 2. The number of rotatable bonds is 4. The molecule has 1 atom stereocenters. The fourth-order valence-electron chi connectivity index (χ4n) is 1.57. The first-order valence-corrected chi connectivity index (χ1v) is 5.72. The molecule has 3 N–H and O–H groups in total. The number of anilines is 1. The van der Waals surface area contributed by atoms with Crippen molar-refractivity contribution in [1.82, 2.24) is 0 Å². The maximum atomic E-state index is 9.23. The Kier molecular flexibility index (Phi) is 4.06. The summed E-state index contributed by atoms with van der Waals surface area (Å²) < 4.78 is 11.1. The van der Waals surface area contributed by atoms with Gasteiger partial charge in [-0.1, -0.05) is 0 Å². The van der Waals surface area contributed by atoms with E-state index in [9.17, 15) is 5.11 Å². The minimum Gasteiger partial charge on any atom is -0.490 e. The van der Waals surface area contributed by atoms with E-state index in [1.165, 1.54) is 0 Å². The van der Waals surface area contributed by atoms with Crippen LogP contribution in [-0.2, 0) is 0 Å². The van der Waals surface area contributed by atoms with E-state index in [0.717, 1.165) is 17.9 Å². The van der Waals surface area contributed by atoms with Crippen molar-refractivity contribution in [3.05, 3.63) is 18.2 Å². The first kappa shape index (κ1) is 12.0. The van der Waals surface area contributed by atoms with Crippen LogP contribution in [0.1, 0.15) is 6.42 Å². The SMILES string of the molecule is OC[C@@H](O)CNc1ccc2c(c1)OCCCO2. The number of hydrogen-bond acceptors (Lipinski definition) is 5. The minimum absolute atomic E-state index is 0.252. The Morgan fingerprint density at radius 3 is 2.76 bits per heavy atom. The van der Waals surface area contributed by atoms with Gasteiger partial charge in [-0.25, -0.2) is 0 Å². The summed E-state index contributed by atoms with van der Waals surface area (Å²) in [5.41, 5.74) is 0.835. The quantitative estimate of drug-likeness (QED) is 0.718. The van der Waals surface area contributed by atoms with Crippen LogP contribution in [0.3, 0.4) is 0 Å². The number of fused-ring (bicyclic) bond motifs is 1. The zero-order valence-corrected chi connectivity index (χ0v) is 9.56. The molecule has 5 heteroatoms. The van der Waals surface area contributed by atoms with Crippen molar-refractivity contribution in [3.8, 4) is 11.5 Å². The Morgan fingerprint density at radius 2 is 2.00 bits per heavy atom. The number of benzene rings is 1. The molecule has 1 heterocycles. The first-order valence-electron chi connectivity index (χ1n) is 5.72. The van der Waals surface area contributed by atoms with Gasteiger partial charge in [0.1, 0.15) is 0 Å². The average Bonchev–Trinajstić information content (AvgIpc) is 2.60. The van der Waals surface area contributed by atoms with Gasteiger partial charge in [0.25, 0.3) is 0 Å². The lowest BCUT2D eigenvalue weighted by Crippen LogP contribution is -2.22. The lowest BCUT2D eigenvalue weighted by atomic mass is 10.2. The first-order chi connectivity index (χ1) is 8.29. The smallest absolute Gasteiger partial charge is 0.163 e. The van der Waals surface area contributed by atoms with E-state index in [1.807, 2.05) is 18.2 Å². The molecule has 0 aliphatic carbocycles. The van der Waals surface area contributed by atoms with E-state index in [4.69, 9.17) is 14.6 Å². The summed E-state index contributed by atoms with van der Waals surface area (Å²) in [5, 5.41) is 21.0. The van der Waals surface area contributed by atoms with Crippen LogP contribution in [0.2, 0.25) is 0 Å². The summed E-state index contributed by atoms with van der Waals surface area (Å²) >= 11 is 0. The number of hydrogen-bond donors (Lipinski definition) is 3. The van der Waals surface area contributed by atoms with Crippen LogP contribution in [0.15, 0.2) is 18.2 Å². The summed E-state index contributed by atoms with van der Waals surface area (Å²) in [6.07, 6.45) is 0.117. The van der Waals surface area contributed by atoms with Gasteiger partial charge >= 0.3 is 0 Å². The predicted octanol–water partition coefficient (Wildman–Crippen LogP) is 0.613. The second kappa shape index (κ2) is 5.75. The molecule has 0 fully saturated rings. The van der Waals surface area contributed by atoms with Gasteiger partial charge in [-0.2, -0.15) is 0 Å². The highest BCUT2D eigenvalue weighted by Gasteiger charge is 2.10. The summed E-state index contributed by atoms with van der Waals surface area (Å²) in [4.78, 5) is 0. The standard InChI is InChI=1S/C12H17NO4/c14-8-10(15)7-13-9-2-3-11-12(6-9)17-5-1-4-16-11/h2-3,6,10,13-15H,1,4-5,7-8H2/t10-/m0/s1. The van der Waals surface area contributed by atoms with Crippen LogP contribution >= 0.6 is 0 Å². The molecular formula is C12H17NO4. The monoisotopic (exact) mass is 239 g/mol. The van der Waals surface area contributed by atoms with E-state index in [2.05, 4.69) is 5.32 Å². The molecule has 1 aromatic carbocycles. The van der Waals surface area contributed by atoms with Crippen molar-refractivity contribution in [1.29, 1.82) is 0 Å². The number of nitrogens with one attached hydrogen (secondary N) is 1. The van der Waals surface area contributed by atoms with Gasteiger partial charge in [0.2, 0.25) is 0 Å². The van der Waals surface area contributed by atoms with E-state index < -0.39 is 6.10 Å². The highest BCUT2D eigenvalue weighted by molar-refractivity contribution is 5.55. The summed E-state index contributed by atoms with van der Waals surface area (Å²) in [6.45, 7) is 1.37. The molecule has 0 unspecified atom stereocenters. The van der Waals surface area contributed by atoms with Gasteiger partial charge in [0.05, 0.1) is 25.9 Å². The molecule has 0 bridgehead atoms. The Bertz CT molecular complexity index is 370. The molecular weight excluding hydrogens is 222 g/mol. The summed E-state index contributed by atoms with van der Waals surface area (Å²) in [6, 6.07) is 5.54. The van der Waals surface area contributed by atoms with Crippen LogP contribution in [0.5, 0.6) is 11.5 Å². The van der Waals surface area contributed by atoms with E-state index in [-0.39, 0.29) is 6.61 Å². The van der Waals surface area contributed by atoms with Crippen molar-refractivity contribution >= 4 is 5.69 Å². The summed E-state index contributed by atoms with van der Waals surface area (Å²) in [5.74, 6) is 1.46. The van der Waals surface area contributed by atoms with Crippen molar-refractivity contribution < 1.29 is 19.7 Å². The van der Waals surface area contributed by atoms with Crippen molar-refractivity contribution in [3.63, 3.8) is 0 Å². The molecule has 0 saturated heterocycles. The molecule has 1 aliphatic rings. The van der Waals surface area contributed by atoms with Gasteiger partial charge < -0.3 is 25.0 Å². The van der Waals surface area contributed by atoms with Crippen LogP contribution in [0.25, 0.3) is 0 Å². The molecule has 94 valence electrons. The van der Waals surface area contributed by atoms with Gasteiger partial charge in [-0.3, -0.25) is 0 Å². The van der Waals surface area contributed by atoms with Gasteiger partial charge in [-0.05, 0) is 12.1 Å². The van der Waals surface area contributed by atoms with Crippen LogP contribution in [0, 0.1) is 0 Å². The zero-order chi connectivity index (χ0) is 12.1. The topological polar surface area (TPSA) is 71.0 Å². The third-order valence-electron chi connectivity index (χ3n) is 2.50. The van der Waals surface area contributed by atoms with Crippen molar-refractivity contribution in [2.24, 2.45) is 0 Å². The van der Waals surface area contributed by atoms with E-state index >= 15 is 0 Å². The van der Waals surface area contributed by atoms with E-state index in [1.54, 1.807) is 0 Å². The second-order valence-electron chi connectivity index (χ2n) is 3.93. The highest BCUT2D eigenvalue weighted by atomic mass is 16.5. The maximum Gasteiger partial charge on any atom is 0.163 e. The lowest BCUT2D eigenvalue weighted by Gasteiger charge is -2.12. The normalized spacial score (nSPS) is 16.1. The van der Waals surface area contributed by atoms with Crippen LogP contribution < -0.4 is 14.8 Å². The molecule has 2 rings (SSSR count). The molecule has 0 amide bonds. The van der Waals surface area contributed by atoms with Gasteiger partial charge in [0.15, 0.2) is 11.5 Å². The predicted molar refractivity (Wildman–Crippen MR) is 63.6 cm³/mol. The molecule has 5 nitrogen and oxygen atoms in total. The molecule has 0 aromatic heterocycles. The second-order valence-corrected chi connectivity index (χ2v) is 3.93. The van der Waals surface area contributed by atoms with E-state index in [0.29, 0.717) is 25.5 Å². The Hall–Kier alpha value is -1.46. The number of aliphatic hydroxyl groups excluding tert-OH is 2. The Balaban J connectivity index is 2.02. The van der Waals surface area contributed by atoms with Crippen molar-refractivity contribution in [2.45, 2.75) is 12.5 Å². The minimum atomic E-state index is -0.758. The largest absolute Gasteiger partial charge is 0.490 e. The average molecular weight is 239 g/mol. The highest BCUT2D eigenvalue weighted by Crippen LogP contribution is 2.32. The van der Waals surface area contributed by atoms with Crippen LogP contribution in [0.4, 0.5) is 5.69 Å². The molecule has 1 aliphatic heterocycles. The molecule has 1 aromatic rings. The molecule has 17 heavy (non-hydrogen) atoms. The molecule has 0 spiro atoms. The summed E-state index contributed by atoms with van der Waals surface area (Å²) in [7, 11) is 0. The third-order valence-corrected chi connectivity index (χ3v) is 2.50. The van der Waals surface area contributed by atoms with Crippen LogP contribution in [-0.4, -0.2) is 42.7 Å². The third kappa shape index (κ3) is 3.25.